The smallest absolute Gasteiger partial charge is 0.0316 e. The van der Waals surface area contributed by atoms with Gasteiger partial charge in [0.2, 0.25) is 0 Å². The van der Waals surface area contributed by atoms with Crippen molar-refractivity contribution in [1.29, 1.82) is 0 Å². The third-order valence-corrected chi connectivity index (χ3v) is 1.49. The molecule has 0 fully saturated rings. The molecule has 0 aliphatic carbocycles. The number of hydrogen-bond donors (Lipinski definition) is 1. The summed E-state index contributed by atoms with van der Waals surface area (Å²) >= 11 is 0. The van der Waals surface area contributed by atoms with Gasteiger partial charge in [-0.2, -0.15) is 0 Å². The van der Waals surface area contributed by atoms with Crippen LogP contribution in [0.15, 0.2) is 24.3 Å². The van der Waals surface area contributed by atoms with Gasteiger partial charge in [-0.3, -0.25) is 0 Å². The molecule has 2 N–H and O–H groups in total. The Morgan fingerprint density at radius 1 is 1.36 bits per heavy atom. The van der Waals surface area contributed by atoms with E-state index in [2.05, 4.69) is 13.0 Å². The van der Waals surface area contributed by atoms with Crippen molar-refractivity contribution >= 4 is 18.1 Å². The van der Waals surface area contributed by atoms with E-state index < -0.39 is 0 Å². The highest BCUT2D eigenvalue weighted by Crippen LogP contribution is 2.07. The van der Waals surface area contributed by atoms with Crippen molar-refractivity contribution in [3.05, 3.63) is 29.8 Å². The van der Waals surface area contributed by atoms with Gasteiger partial charge in [-0.1, -0.05) is 25.5 Å². The summed E-state index contributed by atoms with van der Waals surface area (Å²) in [4.78, 5) is 0. The average Bonchev–Trinajstić information content (AvgIpc) is 1.88. The summed E-state index contributed by atoms with van der Waals surface area (Å²) in [7, 11) is 0. The van der Waals surface area contributed by atoms with Crippen LogP contribution < -0.4 is 5.73 Å². The Morgan fingerprint density at radius 2 is 2.09 bits per heavy atom. The molecule has 0 atom stereocenters. The van der Waals surface area contributed by atoms with Gasteiger partial charge in [0.25, 0.3) is 0 Å². The van der Waals surface area contributed by atoms with Crippen LogP contribution in [0, 0.1) is 0 Å². The average molecular weight is 172 g/mol. The quantitative estimate of drug-likeness (QED) is 0.681. The van der Waals surface area contributed by atoms with Crippen LogP contribution in [-0.4, -0.2) is 0 Å². The Morgan fingerprint density at radius 3 is 2.64 bits per heavy atom. The lowest BCUT2D eigenvalue weighted by atomic mass is 10.1. The second kappa shape index (κ2) is 5.03. The maximum Gasteiger partial charge on any atom is 0.0316 e. The minimum absolute atomic E-state index is 0. The number of benzene rings is 1. The zero-order chi connectivity index (χ0) is 7.40. The van der Waals surface area contributed by atoms with Crippen LogP contribution in [0.2, 0.25) is 0 Å². The van der Waals surface area contributed by atoms with E-state index in [0.717, 1.165) is 12.1 Å². The summed E-state index contributed by atoms with van der Waals surface area (Å²) in [5.41, 5.74) is 7.79. The van der Waals surface area contributed by atoms with Crippen molar-refractivity contribution < 1.29 is 0 Å². The van der Waals surface area contributed by atoms with Crippen molar-refractivity contribution in [3.8, 4) is 0 Å². The number of rotatable bonds is 2. The first kappa shape index (κ1) is 10.3. The van der Waals surface area contributed by atoms with Gasteiger partial charge < -0.3 is 5.73 Å². The number of aryl methyl sites for hydroxylation is 1. The van der Waals surface area contributed by atoms with Crippen LogP contribution in [0.4, 0.5) is 5.69 Å². The molecule has 0 aliphatic heterocycles. The van der Waals surface area contributed by atoms with E-state index in [1.165, 1.54) is 12.0 Å². The van der Waals surface area contributed by atoms with Crippen molar-refractivity contribution in [2.75, 3.05) is 5.73 Å². The predicted octanol–water partition coefficient (Wildman–Crippen LogP) is 2.64. The molecule has 1 nitrogen and oxygen atoms in total. The molecule has 0 spiro atoms. The van der Waals surface area contributed by atoms with Gasteiger partial charge in [0.15, 0.2) is 0 Å². The molecule has 0 amide bonds. The van der Waals surface area contributed by atoms with Gasteiger partial charge in [0.05, 0.1) is 0 Å². The molecule has 0 heterocycles. The van der Waals surface area contributed by atoms with Crippen LogP contribution >= 0.6 is 12.4 Å². The fourth-order valence-corrected chi connectivity index (χ4v) is 1.04. The van der Waals surface area contributed by atoms with Crippen LogP contribution in [0.5, 0.6) is 0 Å². The lowest BCUT2D eigenvalue weighted by Gasteiger charge is -1.98. The fraction of sp³-hybridized carbons (Fsp3) is 0.333. The zero-order valence-corrected chi connectivity index (χ0v) is 7.53. The highest BCUT2D eigenvalue weighted by molar-refractivity contribution is 5.85. The molecular weight excluding hydrogens is 158 g/mol. The highest BCUT2D eigenvalue weighted by atomic mass is 35.5. The Hall–Kier alpha value is -0.690. The van der Waals surface area contributed by atoms with E-state index in [-0.39, 0.29) is 12.4 Å². The SMILES string of the molecule is CCCc1cccc(N)c1.Cl. The molecule has 1 aromatic rings. The summed E-state index contributed by atoms with van der Waals surface area (Å²) in [5, 5.41) is 0. The molecule has 11 heavy (non-hydrogen) atoms. The monoisotopic (exact) mass is 171 g/mol. The molecule has 62 valence electrons. The van der Waals surface area contributed by atoms with Gasteiger partial charge in [-0.25, -0.2) is 0 Å². The Kier molecular flexibility index (Phi) is 4.71. The molecule has 1 rings (SSSR count). The minimum atomic E-state index is 0. The van der Waals surface area contributed by atoms with E-state index in [1.54, 1.807) is 0 Å². The topological polar surface area (TPSA) is 26.0 Å². The number of halogens is 1. The molecule has 0 aromatic heterocycles. The molecule has 0 saturated carbocycles. The maximum atomic E-state index is 5.59. The van der Waals surface area contributed by atoms with E-state index in [0.29, 0.717) is 0 Å². The van der Waals surface area contributed by atoms with E-state index in [4.69, 9.17) is 5.73 Å². The Bertz CT molecular complexity index is 210. The van der Waals surface area contributed by atoms with Crippen LogP contribution in [0.1, 0.15) is 18.9 Å². The lowest BCUT2D eigenvalue weighted by molar-refractivity contribution is 0.922. The van der Waals surface area contributed by atoms with Gasteiger partial charge in [0, 0.05) is 5.69 Å². The first-order chi connectivity index (χ1) is 4.83. The second-order valence-corrected chi connectivity index (χ2v) is 2.50. The summed E-state index contributed by atoms with van der Waals surface area (Å²) in [6.07, 6.45) is 2.31. The van der Waals surface area contributed by atoms with Gasteiger partial charge in [0.1, 0.15) is 0 Å². The van der Waals surface area contributed by atoms with Gasteiger partial charge >= 0.3 is 0 Å². The van der Waals surface area contributed by atoms with E-state index in [9.17, 15) is 0 Å². The fourth-order valence-electron chi connectivity index (χ4n) is 1.04. The second-order valence-electron chi connectivity index (χ2n) is 2.50. The summed E-state index contributed by atoms with van der Waals surface area (Å²) in [5.74, 6) is 0. The number of nitrogens with two attached hydrogens (primary N) is 1. The number of hydrogen-bond acceptors (Lipinski definition) is 1. The van der Waals surface area contributed by atoms with Crippen LogP contribution in [-0.2, 0) is 6.42 Å². The van der Waals surface area contributed by atoms with Crippen LogP contribution in [0.3, 0.4) is 0 Å². The van der Waals surface area contributed by atoms with Gasteiger partial charge in [-0.05, 0) is 24.1 Å². The molecular formula is C9H14ClN. The molecule has 0 radical (unpaired) electrons. The number of nitrogen functional groups attached to an aromatic ring is 1. The first-order valence-corrected chi connectivity index (χ1v) is 3.67. The van der Waals surface area contributed by atoms with E-state index >= 15 is 0 Å². The third-order valence-electron chi connectivity index (χ3n) is 1.49. The van der Waals surface area contributed by atoms with Crippen molar-refractivity contribution in [2.45, 2.75) is 19.8 Å². The van der Waals surface area contributed by atoms with Crippen LogP contribution in [0.25, 0.3) is 0 Å². The van der Waals surface area contributed by atoms with Crippen molar-refractivity contribution in [2.24, 2.45) is 0 Å². The Balaban J connectivity index is 0.000001000. The summed E-state index contributed by atoms with van der Waals surface area (Å²) in [6, 6.07) is 8.06. The molecule has 0 bridgehead atoms. The summed E-state index contributed by atoms with van der Waals surface area (Å²) < 4.78 is 0. The molecule has 0 unspecified atom stereocenters. The van der Waals surface area contributed by atoms with Gasteiger partial charge in [-0.15, -0.1) is 12.4 Å². The molecule has 2 heteroatoms. The van der Waals surface area contributed by atoms with Crippen molar-refractivity contribution in [1.82, 2.24) is 0 Å². The first-order valence-electron chi connectivity index (χ1n) is 3.67. The normalized spacial score (nSPS) is 8.82. The molecule has 0 aliphatic rings. The maximum absolute atomic E-state index is 5.59. The van der Waals surface area contributed by atoms with E-state index in [1.807, 2.05) is 18.2 Å². The third kappa shape index (κ3) is 3.28. The zero-order valence-electron chi connectivity index (χ0n) is 6.71. The number of anilines is 1. The molecule has 1 aromatic carbocycles. The highest BCUT2D eigenvalue weighted by Gasteiger charge is 1.89. The molecule has 0 saturated heterocycles. The largest absolute Gasteiger partial charge is 0.399 e. The minimum Gasteiger partial charge on any atom is -0.399 e. The Labute approximate surface area is 74.0 Å². The standard InChI is InChI=1S/C9H13N.ClH/c1-2-4-8-5-3-6-9(10)7-8;/h3,5-7H,2,4,10H2,1H3;1H. The van der Waals surface area contributed by atoms with Crippen molar-refractivity contribution in [3.63, 3.8) is 0 Å². The predicted molar refractivity (Wildman–Crippen MR) is 52.1 cm³/mol. The summed E-state index contributed by atoms with van der Waals surface area (Å²) in [6.45, 7) is 2.17. The lowest BCUT2D eigenvalue weighted by Crippen LogP contribution is -1.87.